The van der Waals surface area contributed by atoms with Gasteiger partial charge in [-0.3, -0.25) is 4.98 Å². The number of benzene rings is 1. The van der Waals surface area contributed by atoms with Gasteiger partial charge in [-0.25, -0.2) is 0 Å². The van der Waals surface area contributed by atoms with E-state index in [4.69, 9.17) is 0 Å². The molecule has 2 nitrogen and oxygen atoms in total. The van der Waals surface area contributed by atoms with E-state index in [1.807, 2.05) is 24.5 Å². The zero-order valence-electron chi connectivity index (χ0n) is 10.4. The summed E-state index contributed by atoms with van der Waals surface area (Å²) >= 11 is 0. The van der Waals surface area contributed by atoms with Crippen molar-refractivity contribution < 1.29 is 0 Å². The first-order valence-corrected chi connectivity index (χ1v) is 6.24. The molecule has 0 unspecified atom stereocenters. The second-order valence-electron chi connectivity index (χ2n) is 4.64. The molecular weight excluding hydrogens is 232 g/mol. The van der Waals surface area contributed by atoms with Crippen molar-refractivity contribution >= 4 is 39.3 Å². The molecule has 0 aliphatic heterocycles. The highest BCUT2D eigenvalue weighted by Gasteiger charge is 2.18. The third-order valence-electron chi connectivity index (χ3n) is 3.78. The number of aromatic nitrogens is 2. The summed E-state index contributed by atoms with van der Waals surface area (Å²) in [4.78, 5) is 4.38. The largest absolute Gasteiger partial charge is 0.308 e. The van der Waals surface area contributed by atoms with Crippen molar-refractivity contribution in [3.05, 3.63) is 61.1 Å². The first kappa shape index (κ1) is 10.3. The minimum atomic E-state index is 1.09. The lowest BCUT2D eigenvalue weighted by atomic mass is 10.1. The number of hydrogen-bond donors (Lipinski definition) is 0. The molecule has 2 heteroatoms. The summed E-state index contributed by atoms with van der Waals surface area (Å²) < 4.78 is 2.26. The smallest absolute Gasteiger partial charge is 0.0651 e. The quantitative estimate of drug-likeness (QED) is 0.512. The number of para-hydroxylation sites is 1. The standard InChI is InChI=1S/C17H12N2/c1-3-11-13-9-18-10-14-12-7-5-6-8-16(12)19(17(13)14)15(11)4-2/h3-10H,1-2H2. The van der Waals surface area contributed by atoms with E-state index in [1.165, 1.54) is 21.8 Å². The van der Waals surface area contributed by atoms with Gasteiger partial charge in [0.25, 0.3) is 0 Å². The van der Waals surface area contributed by atoms with E-state index < -0.39 is 0 Å². The molecule has 0 aliphatic rings. The normalized spacial score (nSPS) is 11.6. The van der Waals surface area contributed by atoms with E-state index in [0.717, 1.165) is 16.6 Å². The first-order chi connectivity index (χ1) is 9.36. The van der Waals surface area contributed by atoms with Crippen molar-refractivity contribution in [3.8, 4) is 0 Å². The molecule has 90 valence electrons. The van der Waals surface area contributed by atoms with Crippen LogP contribution in [0.1, 0.15) is 11.3 Å². The van der Waals surface area contributed by atoms with Crippen molar-refractivity contribution in [2.24, 2.45) is 0 Å². The van der Waals surface area contributed by atoms with Crippen LogP contribution in [0.25, 0.3) is 39.3 Å². The van der Waals surface area contributed by atoms with Gasteiger partial charge in [-0.05, 0) is 12.1 Å². The Balaban J connectivity index is 2.48. The molecule has 0 spiro atoms. The van der Waals surface area contributed by atoms with Gasteiger partial charge in [0.2, 0.25) is 0 Å². The molecule has 0 saturated carbocycles. The van der Waals surface area contributed by atoms with Gasteiger partial charge >= 0.3 is 0 Å². The van der Waals surface area contributed by atoms with Gasteiger partial charge in [0.1, 0.15) is 0 Å². The van der Waals surface area contributed by atoms with Gasteiger partial charge in [-0.1, -0.05) is 37.4 Å². The molecule has 0 fully saturated rings. The Labute approximate surface area is 110 Å². The third kappa shape index (κ3) is 1.09. The summed E-state index contributed by atoms with van der Waals surface area (Å²) in [7, 11) is 0. The predicted molar refractivity (Wildman–Crippen MR) is 81.6 cm³/mol. The van der Waals surface area contributed by atoms with Crippen LogP contribution in [-0.2, 0) is 0 Å². The van der Waals surface area contributed by atoms with E-state index in [2.05, 4.69) is 46.8 Å². The predicted octanol–water partition coefficient (Wildman–Crippen LogP) is 4.36. The first-order valence-electron chi connectivity index (χ1n) is 6.24. The van der Waals surface area contributed by atoms with Gasteiger partial charge in [0, 0.05) is 34.1 Å². The van der Waals surface area contributed by atoms with Crippen LogP contribution in [0.2, 0.25) is 0 Å². The molecule has 3 aromatic heterocycles. The Bertz CT molecular complexity index is 944. The highest BCUT2D eigenvalue weighted by molar-refractivity contribution is 6.16. The molecule has 0 bridgehead atoms. The van der Waals surface area contributed by atoms with Gasteiger partial charge in [-0.15, -0.1) is 0 Å². The van der Waals surface area contributed by atoms with Gasteiger partial charge in [0.05, 0.1) is 16.7 Å². The van der Waals surface area contributed by atoms with E-state index in [-0.39, 0.29) is 0 Å². The maximum atomic E-state index is 4.38. The minimum absolute atomic E-state index is 1.09. The van der Waals surface area contributed by atoms with Crippen molar-refractivity contribution in [2.75, 3.05) is 0 Å². The summed E-state index contributed by atoms with van der Waals surface area (Å²) in [6.07, 6.45) is 7.62. The average Bonchev–Trinajstić information content (AvgIpc) is 2.97. The van der Waals surface area contributed by atoms with E-state index >= 15 is 0 Å². The maximum absolute atomic E-state index is 4.38. The van der Waals surface area contributed by atoms with E-state index in [9.17, 15) is 0 Å². The lowest BCUT2D eigenvalue weighted by Gasteiger charge is -1.98. The molecule has 0 radical (unpaired) electrons. The maximum Gasteiger partial charge on any atom is 0.0651 e. The van der Waals surface area contributed by atoms with Crippen molar-refractivity contribution in [3.63, 3.8) is 0 Å². The van der Waals surface area contributed by atoms with Gasteiger partial charge < -0.3 is 4.40 Å². The Morgan fingerprint density at radius 1 is 0.947 bits per heavy atom. The molecule has 0 amide bonds. The van der Waals surface area contributed by atoms with Crippen LogP contribution >= 0.6 is 0 Å². The van der Waals surface area contributed by atoms with Crippen LogP contribution < -0.4 is 0 Å². The van der Waals surface area contributed by atoms with Gasteiger partial charge in [-0.2, -0.15) is 0 Å². The second kappa shape index (κ2) is 3.45. The van der Waals surface area contributed by atoms with E-state index in [1.54, 1.807) is 0 Å². The Kier molecular flexibility index (Phi) is 1.88. The second-order valence-corrected chi connectivity index (χ2v) is 4.64. The number of nitrogens with zero attached hydrogens (tertiary/aromatic N) is 2. The Hall–Kier alpha value is -2.61. The summed E-state index contributed by atoms with van der Waals surface area (Å²) in [5, 5.41) is 3.55. The minimum Gasteiger partial charge on any atom is -0.308 e. The highest BCUT2D eigenvalue weighted by Crippen LogP contribution is 2.37. The lowest BCUT2D eigenvalue weighted by molar-refractivity contribution is 1.27. The van der Waals surface area contributed by atoms with Crippen molar-refractivity contribution in [2.45, 2.75) is 0 Å². The number of pyridine rings is 1. The molecule has 3 heterocycles. The zero-order valence-corrected chi connectivity index (χ0v) is 10.4. The molecule has 0 atom stereocenters. The third-order valence-corrected chi connectivity index (χ3v) is 3.78. The summed E-state index contributed by atoms with van der Waals surface area (Å²) in [6.45, 7) is 7.87. The fourth-order valence-electron chi connectivity index (χ4n) is 3.03. The number of fused-ring (bicyclic) bond motifs is 3. The van der Waals surface area contributed by atoms with Crippen LogP contribution in [0.4, 0.5) is 0 Å². The molecule has 0 saturated heterocycles. The molecule has 0 aliphatic carbocycles. The molecule has 4 rings (SSSR count). The fourth-order valence-corrected chi connectivity index (χ4v) is 3.03. The fraction of sp³-hybridized carbons (Fsp3) is 0. The Morgan fingerprint density at radius 2 is 1.74 bits per heavy atom. The van der Waals surface area contributed by atoms with Crippen LogP contribution in [-0.4, -0.2) is 9.38 Å². The molecule has 0 N–H and O–H groups in total. The number of hydrogen-bond acceptors (Lipinski definition) is 1. The molecule has 4 aromatic rings. The average molecular weight is 244 g/mol. The lowest BCUT2D eigenvalue weighted by Crippen LogP contribution is -1.84. The SMILES string of the molecule is C=Cc1c(C=C)n2c3ccccc3c3cncc1c32. The molecule has 1 aromatic carbocycles. The van der Waals surface area contributed by atoms with Crippen molar-refractivity contribution in [1.29, 1.82) is 0 Å². The van der Waals surface area contributed by atoms with E-state index in [0.29, 0.717) is 0 Å². The van der Waals surface area contributed by atoms with Crippen LogP contribution in [0, 0.1) is 0 Å². The number of rotatable bonds is 2. The van der Waals surface area contributed by atoms with Crippen LogP contribution in [0.15, 0.2) is 49.8 Å². The Morgan fingerprint density at radius 3 is 2.53 bits per heavy atom. The summed E-state index contributed by atoms with van der Waals surface area (Å²) in [5.41, 5.74) is 4.59. The van der Waals surface area contributed by atoms with Crippen molar-refractivity contribution in [1.82, 2.24) is 9.38 Å². The van der Waals surface area contributed by atoms with Gasteiger partial charge in [0.15, 0.2) is 0 Å². The monoisotopic (exact) mass is 244 g/mol. The summed E-state index contributed by atoms with van der Waals surface area (Å²) in [5.74, 6) is 0. The van der Waals surface area contributed by atoms with Crippen LogP contribution in [0.5, 0.6) is 0 Å². The topological polar surface area (TPSA) is 17.3 Å². The molecular formula is C17H12N2. The molecule has 19 heavy (non-hydrogen) atoms. The van der Waals surface area contributed by atoms with Crippen LogP contribution in [0.3, 0.4) is 0 Å². The summed E-state index contributed by atoms with van der Waals surface area (Å²) in [6, 6.07) is 8.39. The zero-order chi connectivity index (χ0) is 13.0. The highest BCUT2D eigenvalue weighted by atomic mass is 14.9.